The van der Waals surface area contributed by atoms with E-state index in [9.17, 15) is 4.39 Å². The normalized spacial score (nSPS) is 10.8. The number of rotatable bonds is 6. The van der Waals surface area contributed by atoms with Gasteiger partial charge in [-0.2, -0.15) is 9.97 Å². The summed E-state index contributed by atoms with van der Waals surface area (Å²) in [4.78, 5) is 8.41. The third-order valence-corrected chi connectivity index (χ3v) is 3.49. The molecule has 3 rings (SSSR count). The highest BCUT2D eigenvalue weighted by atomic mass is 127. The first-order valence-electron chi connectivity index (χ1n) is 6.48. The van der Waals surface area contributed by atoms with Gasteiger partial charge in [0, 0.05) is 4.43 Å². The second kappa shape index (κ2) is 6.81. The molecule has 0 saturated heterocycles. The predicted octanol–water partition coefficient (Wildman–Crippen LogP) is 3.10. The van der Waals surface area contributed by atoms with E-state index >= 15 is 0 Å². The fourth-order valence-corrected chi connectivity index (χ4v) is 2.03. The molecule has 0 atom stereocenters. The minimum atomic E-state index is -0.402. The lowest BCUT2D eigenvalue weighted by atomic mass is 10.3. The molecule has 2 aromatic heterocycles. The largest absolute Gasteiger partial charge is 0.475 e. The quantitative estimate of drug-likeness (QED) is 0.376. The van der Waals surface area contributed by atoms with Gasteiger partial charge in [0.05, 0.1) is 12.3 Å². The van der Waals surface area contributed by atoms with Crippen LogP contribution >= 0.6 is 22.6 Å². The smallest absolute Gasteiger partial charge is 0.260 e. The van der Waals surface area contributed by atoms with Crippen LogP contribution < -0.4 is 10.1 Å². The molecule has 0 aliphatic heterocycles. The zero-order valence-electron chi connectivity index (χ0n) is 11.3. The van der Waals surface area contributed by atoms with E-state index in [2.05, 4.69) is 52.8 Å². The van der Waals surface area contributed by atoms with Crippen molar-refractivity contribution in [2.75, 3.05) is 16.4 Å². The van der Waals surface area contributed by atoms with Crippen molar-refractivity contribution < 1.29 is 13.8 Å². The Morgan fingerprint density at radius 1 is 1.18 bits per heavy atom. The van der Waals surface area contributed by atoms with Crippen LogP contribution in [0.25, 0.3) is 11.3 Å². The molecule has 22 heavy (non-hydrogen) atoms. The Bertz CT molecular complexity index is 782. The number of para-hydroxylation sites is 1. The Morgan fingerprint density at radius 2 is 1.95 bits per heavy atom. The van der Waals surface area contributed by atoms with E-state index in [1.165, 1.54) is 6.07 Å². The van der Waals surface area contributed by atoms with Crippen LogP contribution in [0, 0.1) is 5.82 Å². The van der Waals surface area contributed by atoms with E-state index in [-0.39, 0.29) is 28.7 Å². The Kier molecular flexibility index (Phi) is 4.61. The van der Waals surface area contributed by atoms with Gasteiger partial charge in [0.2, 0.25) is 11.3 Å². The average molecular weight is 415 g/mol. The number of fused-ring (bicyclic) bond motifs is 1. The standard InChI is InChI=1S/C13H11FIN5O2/c14-8-4-1-2-5-9(8)16-12-13(21-7-3-6-15)18-11-10(17-12)19-22-20-11/h1-2,4-5H,3,6-7H2,(H,16,17,19). The summed E-state index contributed by atoms with van der Waals surface area (Å²) in [7, 11) is 0. The van der Waals surface area contributed by atoms with Gasteiger partial charge in [0.25, 0.3) is 5.88 Å². The third-order valence-electron chi connectivity index (χ3n) is 2.73. The summed E-state index contributed by atoms with van der Waals surface area (Å²) >= 11 is 2.26. The summed E-state index contributed by atoms with van der Waals surface area (Å²) in [6.45, 7) is 0.473. The summed E-state index contributed by atoms with van der Waals surface area (Å²) in [6.07, 6.45) is 0.858. The van der Waals surface area contributed by atoms with Crippen LogP contribution in [0.5, 0.6) is 5.88 Å². The zero-order chi connectivity index (χ0) is 15.4. The van der Waals surface area contributed by atoms with Crippen molar-refractivity contribution in [3.8, 4) is 5.88 Å². The van der Waals surface area contributed by atoms with E-state index in [1.54, 1.807) is 18.2 Å². The van der Waals surface area contributed by atoms with Crippen LogP contribution in [-0.2, 0) is 0 Å². The zero-order valence-corrected chi connectivity index (χ0v) is 13.4. The second-order valence-electron chi connectivity index (χ2n) is 4.28. The van der Waals surface area contributed by atoms with Crippen LogP contribution in [-0.4, -0.2) is 31.3 Å². The first kappa shape index (κ1) is 14.9. The highest BCUT2D eigenvalue weighted by Gasteiger charge is 2.15. The topological polar surface area (TPSA) is 86.0 Å². The molecule has 0 fully saturated rings. The number of hydrogen-bond acceptors (Lipinski definition) is 7. The molecule has 3 aromatic rings. The molecule has 114 valence electrons. The lowest BCUT2D eigenvalue weighted by Crippen LogP contribution is -2.06. The summed E-state index contributed by atoms with van der Waals surface area (Å²) in [5.74, 6) is 0.0962. The van der Waals surface area contributed by atoms with E-state index in [0.717, 1.165) is 10.8 Å². The Morgan fingerprint density at radius 3 is 2.73 bits per heavy atom. The number of nitrogens with one attached hydrogen (secondary N) is 1. The van der Waals surface area contributed by atoms with E-state index in [4.69, 9.17) is 4.74 Å². The Labute approximate surface area is 138 Å². The minimum Gasteiger partial charge on any atom is -0.475 e. The molecule has 0 aliphatic carbocycles. The molecule has 0 bridgehead atoms. The van der Waals surface area contributed by atoms with Gasteiger partial charge in [-0.15, -0.1) is 0 Å². The van der Waals surface area contributed by atoms with Crippen molar-refractivity contribution >= 4 is 45.4 Å². The van der Waals surface area contributed by atoms with Gasteiger partial charge >= 0.3 is 0 Å². The maximum Gasteiger partial charge on any atom is 0.260 e. The number of alkyl halides is 1. The molecule has 0 radical (unpaired) electrons. The van der Waals surface area contributed by atoms with Gasteiger partial charge in [-0.25, -0.2) is 9.02 Å². The summed E-state index contributed by atoms with van der Waals surface area (Å²) in [5, 5.41) is 10.1. The van der Waals surface area contributed by atoms with Crippen molar-refractivity contribution in [2.24, 2.45) is 0 Å². The maximum absolute atomic E-state index is 13.8. The average Bonchev–Trinajstić information content (AvgIpc) is 2.97. The molecule has 7 nitrogen and oxygen atoms in total. The number of halogens is 2. The highest BCUT2D eigenvalue weighted by Crippen LogP contribution is 2.26. The Balaban J connectivity index is 1.94. The van der Waals surface area contributed by atoms with Crippen molar-refractivity contribution in [1.82, 2.24) is 20.3 Å². The molecule has 0 aliphatic rings. The van der Waals surface area contributed by atoms with Gasteiger partial charge in [-0.05, 0) is 28.9 Å². The van der Waals surface area contributed by atoms with Crippen LogP contribution in [0.15, 0.2) is 28.9 Å². The highest BCUT2D eigenvalue weighted by molar-refractivity contribution is 14.1. The van der Waals surface area contributed by atoms with Gasteiger partial charge < -0.3 is 10.1 Å². The van der Waals surface area contributed by atoms with Gasteiger partial charge in [-0.3, -0.25) is 0 Å². The molecular formula is C13H11FIN5O2. The molecule has 9 heteroatoms. The first-order chi connectivity index (χ1) is 10.8. The molecule has 0 saturated carbocycles. The van der Waals surface area contributed by atoms with Crippen molar-refractivity contribution in [3.63, 3.8) is 0 Å². The molecule has 1 N–H and O–H groups in total. The fraction of sp³-hybridized carbons (Fsp3) is 0.231. The minimum absolute atomic E-state index is 0.222. The van der Waals surface area contributed by atoms with Gasteiger partial charge in [-0.1, -0.05) is 34.7 Å². The SMILES string of the molecule is Fc1ccccc1Nc1nc2nonc2nc1OCCCI. The third kappa shape index (κ3) is 3.24. The number of benzene rings is 1. The molecular weight excluding hydrogens is 404 g/mol. The van der Waals surface area contributed by atoms with E-state index in [0.29, 0.717) is 6.61 Å². The maximum atomic E-state index is 13.8. The molecule has 2 heterocycles. The van der Waals surface area contributed by atoms with Gasteiger partial charge in [0.15, 0.2) is 5.82 Å². The van der Waals surface area contributed by atoms with Crippen LogP contribution in [0.3, 0.4) is 0 Å². The fourth-order valence-electron chi connectivity index (χ4n) is 1.72. The van der Waals surface area contributed by atoms with Gasteiger partial charge in [0.1, 0.15) is 5.82 Å². The summed E-state index contributed by atoms with van der Waals surface area (Å²) in [6, 6.07) is 6.26. The van der Waals surface area contributed by atoms with Crippen molar-refractivity contribution in [1.29, 1.82) is 0 Å². The van der Waals surface area contributed by atoms with Crippen LogP contribution in [0.2, 0.25) is 0 Å². The van der Waals surface area contributed by atoms with Crippen molar-refractivity contribution in [3.05, 3.63) is 30.1 Å². The summed E-state index contributed by atoms with van der Waals surface area (Å²) < 4.78 is 24.9. The summed E-state index contributed by atoms with van der Waals surface area (Å²) in [5.41, 5.74) is 0.731. The number of nitrogens with zero attached hydrogens (tertiary/aromatic N) is 4. The first-order valence-corrected chi connectivity index (χ1v) is 8.01. The number of hydrogen-bond donors (Lipinski definition) is 1. The van der Waals surface area contributed by atoms with Crippen LogP contribution in [0.4, 0.5) is 15.9 Å². The molecule has 0 spiro atoms. The lowest BCUT2D eigenvalue weighted by molar-refractivity contribution is 0.306. The van der Waals surface area contributed by atoms with Crippen LogP contribution in [0.1, 0.15) is 6.42 Å². The van der Waals surface area contributed by atoms with E-state index < -0.39 is 5.82 Å². The molecule has 1 aromatic carbocycles. The lowest BCUT2D eigenvalue weighted by Gasteiger charge is -2.11. The number of anilines is 2. The second-order valence-corrected chi connectivity index (χ2v) is 5.36. The predicted molar refractivity (Wildman–Crippen MR) is 86.1 cm³/mol. The van der Waals surface area contributed by atoms with Crippen molar-refractivity contribution in [2.45, 2.75) is 6.42 Å². The van der Waals surface area contributed by atoms with E-state index in [1.807, 2.05) is 0 Å². The molecule has 0 unspecified atom stereocenters. The molecule has 0 amide bonds. The number of aromatic nitrogens is 4. The monoisotopic (exact) mass is 415 g/mol. The number of ether oxygens (including phenoxy) is 1. The Hall–Kier alpha value is -2.04.